The maximum atomic E-state index is 13.4. The Kier molecular flexibility index (Phi) is 4.34. The number of rotatable bonds is 3. The lowest BCUT2D eigenvalue weighted by molar-refractivity contribution is 0.0304. The van der Waals surface area contributed by atoms with Crippen molar-refractivity contribution in [1.29, 1.82) is 0 Å². The number of alkyl halides is 1. The first kappa shape index (κ1) is 12.7. The van der Waals surface area contributed by atoms with Crippen molar-refractivity contribution in [2.75, 3.05) is 5.88 Å². The molecule has 15 heavy (non-hydrogen) atoms. The summed E-state index contributed by atoms with van der Waals surface area (Å²) < 4.78 is 13.4. The Morgan fingerprint density at radius 1 is 1.40 bits per heavy atom. The molecule has 0 heterocycles. The first-order valence-corrected chi connectivity index (χ1v) is 5.26. The Labute approximate surface area is 97.3 Å². The highest BCUT2D eigenvalue weighted by molar-refractivity contribution is 6.31. The second-order valence-electron chi connectivity index (χ2n) is 3.29. The SMILES string of the molecule is Cc1cc(F)c(C(O)C(O)CCl)cc1Cl. The van der Waals surface area contributed by atoms with E-state index < -0.39 is 18.0 Å². The van der Waals surface area contributed by atoms with Gasteiger partial charge in [0.15, 0.2) is 0 Å². The summed E-state index contributed by atoms with van der Waals surface area (Å²) in [5.41, 5.74) is 0.532. The van der Waals surface area contributed by atoms with Gasteiger partial charge in [-0.25, -0.2) is 4.39 Å². The minimum atomic E-state index is -1.36. The van der Waals surface area contributed by atoms with Crippen molar-refractivity contribution in [1.82, 2.24) is 0 Å². The van der Waals surface area contributed by atoms with Gasteiger partial charge in [0.1, 0.15) is 11.9 Å². The highest BCUT2D eigenvalue weighted by atomic mass is 35.5. The molecule has 2 unspecified atom stereocenters. The fourth-order valence-electron chi connectivity index (χ4n) is 1.18. The zero-order chi connectivity index (χ0) is 11.6. The maximum absolute atomic E-state index is 13.4. The van der Waals surface area contributed by atoms with Crippen LogP contribution in [0.15, 0.2) is 12.1 Å². The van der Waals surface area contributed by atoms with Gasteiger partial charge in [-0.2, -0.15) is 0 Å². The summed E-state index contributed by atoms with van der Waals surface area (Å²) >= 11 is 11.1. The molecule has 2 nitrogen and oxygen atoms in total. The van der Waals surface area contributed by atoms with Crippen LogP contribution in [0.5, 0.6) is 0 Å². The van der Waals surface area contributed by atoms with Crippen LogP contribution in [-0.4, -0.2) is 22.2 Å². The van der Waals surface area contributed by atoms with E-state index >= 15 is 0 Å². The quantitative estimate of drug-likeness (QED) is 0.812. The van der Waals surface area contributed by atoms with Gasteiger partial charge in [0.2, 0.25) is 0 Å². The Hall–Kier alpha value is -0.350. The summed E-state index contributed by atoms with van der Waals surface area (Å²) in [4.78, 5) is 0. The van der Waals surface area contributed by atoms with Crippen LogP contribution in [0.3, 0.4) is 0 Å². The molecule has 0 saturated carbocycles. The average Bonchev–Trinajstić information content (AvgIpc) is 2.21. The van der Waals surface area contributed by atoms with Crippen LogP contribution in [-0.2, 0) is 0 Å². The van der Waals surface area contributed by atoms with E-state index in [0.717, 1.165) is 0 Å². The van der Waals surface area contributed by atoms with Crippen molar-refractivity contribution in [2.45, 2.75) is 19.1 Å². The zero-order valence-electron chi connectivity index (χ0n) is 8.04. The zero-order valence-corrected chi connectivity index (χ0v) is 9.56. The monoisotopic (exact) mass is 252 g/mol. The van der Waals surface area contributed by atoms with Crippen LogP contribution in [0.2, 0.25) is 5.02 Å². The molecule has 0 aliphatic carbocycles. The van der Waals surface area contributed by atoms with Gasteiger partial charge in [0.25, 0.3) is 0 Å². The Morgan fingerprint density at radius 3 is 2.53 bits per heavy atom. The van der Waals surface area contributed by atoms with Crippen LogP contribution in [0.25, 0.3) is 0 Å². The largest absolute Gasteiger partial charge is 0.389 e. The lowest BCUT2D eigenvalue weighted by Gasteiger charge is -2.17. The molecule has 0 saturated heterocycles. The third-order valence-corrected chi connectivity index (χ3v) is 2.84. The number of hydrogen-bond acceptors (Lipinski definition) is 2. The molecule has 1 rings (SSSR count). The van der Waals surface area contributed by atoms with Gasteiger partial charge in [0.05, 0.1) is 12.0 Å². The second kappa shape index (κ2) is 5.12. The molecular formula is C10H11Cl2FO2. The van der Waals surface area contributed by atoms with Gasteiger partial charge in [-0.3, -0.25) is 0 Å². The smallest absolute Gasteiger partial charge is 0.129 e. The molecule has 0 fully saturated rings. The fourth-order valence-corrected chi connectivity index (χ4v) is 1.52. The fraction of sp³-hybridized carbons (Fsp3) is 0.400. The molecule has 0 aromatic heterocycles. The maximum Gasteiger partial charge on any atom is 0.129 e. The van der Waals surface area contributed by atoms with Crippen LogP contribution in [0.1, 0.15) is 17.2 Å². The topological polar surface area (TPSA) is 40.5 Å². The highest BCUT2D eigenvalue weighted by Crippen LogP contribution is 2.26. The molecule has 0 bridgehead atoms. The molecule has 0 spiro atoms. The normalized spacial score (nSPS) is 15.1. The number of halogens is 3. The number of hydrogen-bond donors (Lipinski definition) is 2. The molecule has 0 radical (unpaired) electrons. The molecule has 5 heteroatoms. The third-order valence-electron chi connectivity index (χ3n) is 2.12. The van der Waals surface area contributed by atoms with Gasteiger partial charge < -0.3 is 10.2 Å². The predicted octanol–water partition coefficient (Wildman–Crippen LogP) is 2.42. The van der Waals surface area contributed by atoms with Crippen molar-refractivity contribution >= 4 is 23.2 Å². The van der Waals surface area contributed by atoms with Crippen molar-refractivity contribution in [3.63, 3.8) is 0 Å². The Bertz CT molecular complexity index is 358. The van der Waals surface area contributed by atoms with E-state index in [4.69, 9.17) is 23.2 Å². The van der Waals surface area contributed by atoms with Crippen LogP contribution in [0.4, 0.5) is 4.39 Å². The molecule has 1 aromatic rings. The van der Waals surface area contributed by atoms with Crippen LogP contribution in [0, 0.1) is 12.7 Å². The van der Waals surface area contributed by atoms with Crippen molar-refractivity contribution in [3.8, 4) is 0 Å². The van der Waals surface area contributed by atoms with E-state index in [2.05, 4.69) is 0 Å². The Balaban J connectivity index is 3.09. The van der Waals surface area contributed by atoms with Crippen molar-refractivity contribution in [2.24, 2.45) is 0 Å². The van der Waals surface area contributed by atoms with E-state index in [0.29, 0.717) is 10.6 Å². The van der Waals surface area contributed by atoms with Gasteiger partial charge in [-0.1, -0.05) is 11.6 Å². The summed E-state index contributed by atoms with van der Waals surface area (Å²) in [6.07, 6.45) is -2.57. The van der Waals surface area contributed by atoms with Gasteiger partial charge >= 0.3 is 0 Å². The summed E-state index contributed by atoms with van der Waals surface area (Å²) in [5, 5.41) is 19.2. The highest BCUT2D eigenvalue weighted by Gasteiger charge is 2.21. The van der Waals surface area contributed by atoms with E-state index in [1.807, 2.05) is 0 Å². The minimum absolute atomic E-state index is 0.0428. The predicted molar refractivity (Wildman–Crippen MR) is 57.8 cm³/mol. The standard InChI is InChI=1S/C10H11Cl2FO2/c1-5-2-8(13)6(3-7(5)12)10(15)9(14)4-11/h2-3,9-10,14-15H,4H2,1H3. The molecule has 0 amide bonds. The molecular weight excluding hydrogens is 242 g/mol. The molecule has 1 aromatic carbocycles. The average molecular weight is 253 g/mol. The molecule has 2 atom stereocenters. The third kappa shape index (κ3) is 2.82. The molecule has 0 aliphatic heterocycles. The van der Waals surface area contributed by atoms with Gasteiger partial charge in [-0.05, 0) is 24.6 Å². The van der Waals surface area contributed by atoms with Crippen LogP contribution >= 0.6 is 23.2 Å². The first-order valence-electron chi connectivity index (χ1n) is 4.35. The summed E-state index contributed by atoms with van der Waals surface area (Å²) in [6, 6.07) is 2.51. The van der Waals surface area contributed by atoms with Crippen LogP contribution < -0.4 is 0 Å². The van der Waals surface area contributed by atoms with E-state index in [1.165, 1.54) is 12.1 Å². The van der Waals surface area contributed by atoms with Gasteiger partial charge in [0, 0.05) is 10.6 Å². The minimum Gasteiger partial charge on any atom is -0.389 e. The molecule has 84 valence electrons. The number of aliphatic hydroxyl groups is 2. The van der Waals surface area contributed by atoms with E-state index in [9.17, 15) is 14.6 Å². The molecule has 0 aliphatic rings. The number of aryl methyl sites for hydroxylation is 1. The van der Waals surface area contributed by atoms with E-state index in [1.54, 1.807) is 6.92 Å². The summed E-state index contributed by atoms with van der Waals surface area (Å²) in [7, 11) is 0. The number of benzene rings is 1. The first-order chi connectivity index (χ1) is 6.97. The summed E-state index contributed by atoms with van der Waals surface area (Å²) in [5.74, 6) is -0.778. The van der Waals surface area contributed by atoms with Gasteiger partial charge in [-0.15, -0.1) is 11.6 Å². The Morgan fingerprint density at radius 2 is 2.00 bits per heavy atom. The lowest BCUT2D eigenvalue weighted by atomic mass is 10.0. The summed E-state index contributed by atoms with van der Waals surface area (Å²) in [6.45, 7) is 1.65. The number of aliphatic hydroxyl groups excluding tert-OH is 2. The van der Waals surface area contributed by atoms with Crippen molar-refractivity contribution < 1.29 is 14.6 Å². The van der Waals surface area contributed by atoms with E-state index in [-0.39, 0.29) is 11.4 Å². The van der Waals surface area contributed by atoms with Crippen molar-refractivity contribution in [3.05, 3.63) is 34.1 Å². The molecule has 2 N–H and O–H groups in total. The second-order valence-corrected chi connectivity index (χ2v) is 4.01. The lowest BCUT2D eigenvalue weighted by Crippen LogP contribution is -2.20.